The van der Waals surface area contributed by atoms with Gasteiger partial charge in [-0.15, -0.1) is 71.4 Å². The number of para-hydroxylation sites is 5. The molecular weight excluding hydrogens is 986 g/mol. The summed E-state index contributed by atoms with van der Waals surface area (Å²) < 4.78 is 46.0. The van der Waals surface area contributed by atoms with E-state index in [-0.39, 0.29) is 50.8 Å². The molecule has 13 rings (SSSR count). The molecule has 6 heteroatoms. The minimum Gasteiger partial charge on any atom is -0.488 e. The van der Waals surface area contributed by atoms with Crippen LogP contribution in [0.4, 0.5) is 22.7 Å². The van der Waals surface area contributed by atoms with E-state index in [4.69, 9.17) is 11.8 Å². The predicted molar refractivity (Wildman–Crippen MR) is 269 cm³/mol. The average Bonchev–Trinajstić information content (AvgIpc) is 4.09. The molecule has 12 aromatic rings. The summed E-state index contributed by atoms with van der Waals surface area (Å²) >= 11 is 0. The van der Waals surface area contributed by atoms with Crippen molar-refractivity contribution in [3.8, 4) is 50.3 Å². The average molecular weight is 1030 g/mol. The van der Waals surface area contributed by atoms with Crippen molar-refractivity contribution in [1.82, 2.24) is 14.5 Å². The number of aromatic nitrogens is 3. The first-order valence-electron chi connectivity index (χ1n) is 24.0. The number of pyridine rings is 1. The standard InChI is InChI=1S/C60H38N5.Pt/c1-3-17-40(18-4-1)45-25-16-26-46(41-19-5-2-6-20-41)60(45)64-39-63(56-29-11-12-30-57(56)64)44-22-15-21-42(35-44)51-38-54-52(47-23-7-9-27-53(47)62-54)37-50(51)43-32-33-49-48-24-8-10-28-55(48)65(58(49)36-43)59-31-13-14-34-61-59;/h1-34,37-39,62H;/q-3;/i1D,3D,4D,17D,18D;. The molecule has 0 amide bonds. The summed E-state index contributed by atoms with van der Waals surface area (Å²) in [6.45, 7) is 2.01. The van der Waals surface area contributed by atoms with Crippen molar-refractivity contribution in [3.05, 3.63) is 237 Å². The number of hydrogen-bond donors (Lipinski definition) is 1. The van der Waals surface area contributed by atoms with Crippen LogP contribution in [0.2, 0.25) is 0 Å². The van der Waals surface area contributed by atoms with Crippen LogP contribution in [-0.4, -0.2) is 14.5 Å². The van der Waals surface area contributed by atoms with Gasteiger partial charge in [-0.2, -0.15) is 0 Å². The van der Waals surface area contributed by atoms with E-state index in [1.165, 1.54) is 0 Å². The number of benzene rings is 9. The number of fused-ring (bicyclic) bond motifs is 7. The third-order valence-electron chi connectivity index (χ3n) is 12.5. The van der Waals surface area contributed by atoms with Crippen molar-refractivity contribution in [2.75, 3.05) is 9.80 Å². The van der Waals surface area contributed by atoms with Gasteiger partial charge in [0.15, 0.2) is 0 Å². The van der Waals surface area contributed by atoms with Crippen molar-refractivity contribution >= 4 is 66.4 Å². The van der Waals surface area contributed by atoms with Gasteiger partial charge in [0, 0.05) is 77.4 Å². The molecule has 1 N–H and O–H groups in total. The summed E-state index contributed by atoms with van der Waals surface area (Å²) in [6, 6.07) is 67.6. The quantitative estimate of drug-likeness (QED) is 0.162. The van der Waals surface area contributed by atoms with Crippen molar-refractivity contribution in [2.45, 2.75) is 0 Å². The van der Waals surface area contributed by atoms with Gasteiger partial charge < -0.3 is 19.4 Å². The van der Waals surface area contributed by atoms with E-state index in [0.717, 1.165) is 99.9 Å². The second kappa shape index (κ2) is 16.2. The molecule has 0 atom stereocenters. The third-order valence-corrected chi connectivity index (χ3v) is 12.5. The zero-order valence-corrected chi connectivity index (χ0v) is 37.4. The molecule has 0 fully saturated rings. The fourth-order valence-corrected chi connectivity index (χ4v) is 9.59. The Kier molecular flexibility index (Phi) is 8.46. The molecule has 4 heterocycles. The van der Waals surface area contributed by atoms with Gasteiger partial charge in [-0.3, -0.25) is 0 Å². The molecule has 3 aromatic heterocycles. The Morgan fingerprint density at radius 1 is 0.500 bits per heavy atom. The molecule has 1 aliphatic heterocycles. The number of hydrogen-bond acceptors (Lipinski definition) is 3. The van der Waals surface area contributed by atoms with Gasteiger partial charge in [0.25, 0.3) is 0 Å². The van der Waals surface area contributed by atoms with Crippen LogP contribution in [0.1, 0.15) is 6.85 Å². The van der Waals surface area contributed by atoms with E-state index in [1.807, 2.05) is 110 Å². The molecule has 66 heavy (non-hydrogen) atoms. The van der Waals surface area contributed by atoms with Crippen LogP contribution in [0.25, 0.3) is 93.9 Å². The minimum atomic E-state index is -0.433. The maximum Gasteiger partial charge on any atom is 0.136 e. The van der Waals surface area contributed by atoms with Crippen molar-refractivity contribution in [1.29, 1.82) is 0 Å². The SMILES string of the molecule is [2H]c1c([2H])c([2H])c(-c2cccc(-c3ccccc3)c2N2[CH-]N(c3[c-]c(-c4cc5[nH]c6ccccc6c5cc4-c4[c-]c5c(cc4)c4ccccc4n5-c4ccccn4)ccc3)c3ccccc32)c([2H])c1[2H].[Pt]. The van der Waals surface area contributed by atoms with Crippen LogP contribution >= 0.6 is 0 Å². The fraction of sp³-hybridized carbons (Fsp3) is 0. The molecule has 0 unspecified atom stereocenters. The third kappa shape index (κ3) is 6.46. The second-order valence-electron chi connectivity index (χ2n) is 16.2. The van der Waals surface area contributed by atoms with Gasteiger partial charge in [-0.25, -0.2) is 4.98 Å². The number of nitrogens with zero attached hydrogens (tertiary/aromatic N) is 4. The van der Waals surface area contributed by atoms with E-state index in [9.17, 15) is 0 Å². The van der Waals surface area contributed by atoms with E-state index >= 15 is 0 Å². The Hall–Kier alpha value is -7.98. The van der Waals surface area contributed by atoms with Crippen LogP contribution in [0, 0.1) is 18.8 Å². The summed E-state index contributed by atoms with van der Waals surface area (Å²) in [7, 11) is 0. The van der Waals surface area contributed by atoms with E-state index in [2.05, 4.69) is 116 Å². The Balaban J connectivity index is 0.00000517. The first-order chi connectivity index (χ1) is 34.3. The van der Waals surface area contributed by atoms with Crippen LogP contribution in [0.3, 0.4) is 0 Å². The number of H-pyrrole nitrogens is 1. The van der Waals surface area contributed by atoms with Crippen LogP contribution < -0.4 is 9.80 Å². The Bertz CT molecular complexity index is 4050. The summed E-state index contributed by atoms with van der Waals surface area (Å²) in [4.78, 5) is 12.7. The minimum absolute atomic E-state index is 0. The van der Waals surface area contributed by atoms with Gasteiger partial charge in [0.2, 0.25) is 0 Å². The van der Waals surface area contributed by atoms with Crippen molar-refractivity contribution in [3.63, 3.8) is 0 Å². The largest absolute Gasteiger partial charge is 0.488 e. The number of aromatic amines is 1. The second-order valence-corrected chi connectivity index (χ2v) is 16.2. The fourth-order valence-electron chi connectivity index (χ4n) is 9.59. The van der Waals surface area contributed by atoms with Gasteiger partial charge >= 0.3 is 0 Å². The van der Waals surface area contributed by atoms with Gasteiger partial charge in [-0.05, 0) is 63.8 Å². The van der Waals surface area contributed by atoms with Gasteiger partial charge in [0.1, 0.15) is 5.82 Å². The zero-order chi connectivity index (χ0) is 47.2. The first kappa shape index (κ1) is 34.4. The van der Waals surface area contributed by atoms with Crippen molar-refractivity contribution < 1.29 is 27.9 Å². The normalized spacial score (nSPS) is 13.4. The first-order valence-corrected chi connectivity index (χ1v) is 21.5. The molecular formula is C60H38N5Pt-3. The smallest absolute Gasteiger partial charge is 0.136 e. The molecule has 9 aromatic carbocycles. The van der Waals surface area contributed by atoms with Gasteiger partial charge in [-0.1, -0.05) is 157 Å². The molecule has 316 valence electrons. The van der Waals surface area contributed by atoms with Gasteiger partial charge in [0.05, 0.1) is 6.85 Å². The Labute approximate surface area is 404 Å². The summed E-state index contributed by atoms with van der Waals surface area (Å²) in [5, 5.41) is 4.45. The molecule has 0 aliphatic carbocycles. The number of nitrogens with one attached hydrogen (secondary N) is 1. The molecule has 5 nitrogen and oxygen atoms in total. The van der Waals surface area contributed by atoms with E-state index in [0.29, 0.717) is 11.3 Å². The van der Waals surface area contributed by atoms with Crippen molar-refractivity contribution in [2.24, 2.45) is 0 Å². The molecule has 0 spiro atoms. The predicted octanol–water partition coefficient (Wildman–Crippen LogP) is 15.5. The molecule has 0 bridgehead atoms. The topological polar surface area (TPSA) is 40.1 Å². The van der Waals surface area contributed by atoms with Crippen LogP contribution in [-0.2, 0) is 21.1 Å². The molecule has 0 saturated heterocycles. The molecule has 1 aliphatic rings. The maximum absolute atomic E-state index is 9.09. The van der Waals surface area contributed by atoms with E-state index < -0.39 is 6.04 Å². The summed E-state index contributed by atoms with van der Waals surface area (Å²) in [5.41, 5.74) is 13.4. The summed E-state index contributed by atoms with van der Waals surface area (Å²) in [6.07, 6.45) is 1.82. The zero-order valence-electron chi connectivity index (χ0n) is 40.1. The Morgan fingerprint density at radius 3 is 2.03 bits per heavy atom. The Morgan fingerprint density at radius 2 is 1.20 bits per heavy atom. The van der Waals surface area contributed by atoms with E-state index in [1.54, 1.807) is 0 Å². The maximum atomic E-state index is 9.09. The summed E-state index contributed by atoms with van der Waals surface area (Å²) in [5.74, 6) is 0.818. The van der Waals surface area contributed by atoms with Crippen LogP contribution in [0.15, 0.2) is 218 Å². The molecule has 0 saturated carbocycles. The number of rotatable bonds is 7. The number of anilines is 4. The van der Waals surface area contributed by atoms with Crippen LogP contribution in [0.5, 0.6) is 0 Å². The monoisotopic (exact) mass is 1030 g/mol. The molecule has 0 radical (unpaired) electrons.